The van der Waals surface area contributed by atoms with E-state index in [0.29, 0.717) is 24.7 Å². The number of rotatable bonds is 9. The Morgan fingerprint density at radius 1 is 0.889 bits per heavy atom. The van der Waals surface area contributed by atoms with Crippen LogP contribution in [-0.4, -0.2) is 26.2 Å². The summed E-state index contributed by atoms with van der Waals surface area (Å²) in [4.78, 5) is 22.0. The van der Waals surface area contributed by atoms with Gasteiger partial charge in [-0.1, -0.05) is 33.1 Å². The third-order valence-electron chi connectivity index (χ3n) is 3.21. The van der Waals surface area contributed by atoms with Gasteiger partial charge in [-0.05, 0) is 18.3 Å². The smallest absolute Gasteiger partial charge is 0.305 e. The molecule has 0 aliphatic heterocycles. The van der Waals surface area contributed by atoms with Crippen molar-refractivity contribution in [1.82, 2.24) is 0 Å². The van der Waals surface area contributed by atoms with Gasteiger partial charge in [0, 0.05) is 12.8 Å². The van der Waals surface area contributed by atoms with Crippen molar-refractivity contribution in [1.29, 1.82) is 0 Å². The summed E-state index contributed by atoms with van der Waals surface area (Å²) in [6.07, 6.45) is 5.06. The van der Waals surface area contributed by atoms with Gasteiger partial charge >= 0.3 is 11.9 Å². The first kappa shape index (κ1) is 16.9. The van der Waals surface area contributed by atoms with E-state index in [-0.39, 0.29) is 11.9 Å². The molecule has 0 rings (SSSR count). The fourth-order valence-corrected chi connectivity index (χ4v) is 1.90. The van der Waals surface area contributed by atoms with E-state index in [4.69, 9.17) is 0 Å². The number of carbonyl (C=O) groups excluding carboxylic acids is 2. The molecular formula is C14H26O4. The number of methoxy groups -OCH3 is 2. The Labute approximate surface area is 110 Å². The highest BCUT2D eigenvalue weighted by atomic mass is 16.5. The number of carbonyl (C=O) groups is 2. The summed E-state index contributed by atoms with van der Waals surface area (Å²) in [5.74, 6) is 0.613. The molecule has 0 N–H and O–H groups in total. The molecule has 2 atom stereocenters. The van der Waals surface area contributed by atoms with Crippen LogP contribution in [0.4, 0.5) is 0 Å². The van der Waals surface area contributed by atoms with Crippen molar-refractivity contribution in [2.24, 2.45) is 11.8 Å². The molecule has 0 heterocycles. The molecule has 0 amide bonds. The summed E-state index contributed by atoms with van der Waals surface area (Å²) >= 11 is 0. The number of esters is 2. The van der Waals surface area contributed by atoms with Crippen molar-refractivity contribution in [2.75, 3.05) is 14.2 Å². The first-order valence-corrected chi connectivity index (χ1v) is 6.63. The van der Waals surface area contributed by atoms with E-state index < -0.39 is 0 Å². The van der Waals surface area contributed by atoms with Crippen LogP contribution in [-0.2, 0) is 19.1 Å². The van der Waals surface area contributed by atoms with Crippen molar-refractivity contribution in [3.63, 3.8) is 0 Å². The van der Waals surface area contributed by atoms with Gasteiger partial charge in [0.05, 0.1) is 14.2 Å². The predicted octanol–water partition coefficient (Wildman–Crippen LogP) is 2.95. The van der Waals surface area contributed by atoms with Gasteiger partial charge in [-0.3, -0.25) is 9.59 Å². The van der Waals surface area contributed by atoms with Crippen LogP contribution in [0.25, 0.3) is 0 Å². The zero-order chi connectivity index (χ0) is 14.0. The van der Waals surface area contributed by atoms with Crippen LogP contribution in [0.1, 0.15) is 52.4 Å². The Kier molecular flexibility index (Phi) is 9.33. The first-order chi connectivity index (χ1) is 8.49. The highest BCUT2D eigenvalue weighted by Gasteiger charge is 2.11. The topological polar surface area (TPSA) is 52.6 Å². The van der Waals surface area contributed by atoms with Gasteiger partial charge in [-0.2, -0.15) is 0 Å². The predicted molar refractivity (Wildman–Crippen MR) is 70.1 cm³/mol. The summed E-state index contributed by atoms with van der Waals surface area (Å²) in [7, 11) is 2.84. The molecule has 4 heteroatoms. The largest absolute Gasteiger partial charge is 0.469 e. The Hall–Kier alpha value is -1.06. The Morgan fingerprint density at radius 3 is 2.00 bits per heavy atom. The fraction of sp³-hybridized carbons (Fsp3) is 0.857. The zero-order valence-corrected chi connectivity index (χ0v) is 12.0. The third kappa shape index (κ3) is 9.02. The van der Waals surface area contributed by atoms with Gasteiger partial charge in [-0.25, -0.2) is 0 Å². The zero-order valence-electron chi connectivity index (χ0n) is 12.0. The summed E-state index contributed by atoms with van der Waals surface area (Å²) in [6.45, 7) is 4.21. The molecule has 0 bridgehead atoms. The molecule has 0 radical (unpaired) electrons. The van der Waals surface area contributed by atoms with E-state index in [2.05, 4.69) is 23.3 Å². The molecule has 0 saturated carbocycles. The molecule has 0 aromatic heterocycles. The van der Waals surface area contributed by atoms with Crippen molar-refractivity contribution < 1.29 is 19.1 Å². The van der Waals surface area contributed by atoms with Gasteiger partial charge in [-0.15, -0.1) is 0 Å². The quantitative estimate of drug-likeness (QED) is 0.597. The van der Waals surface area contributed by atoms with Gasteiger partial charge in [0.2, 0.25) is 0 Å². The number of ether oxygens (including phenoxy) is 2. The minimum absolute atomic E-state index is 0.138. The van der Waals surface area contributed by atoms with Gasteiger partial charge in [0.25, 0.3) is 0 Å². The lowest BCUT2D eigenvalue weighted by Crippen LogP contribution is -2.08. The van der Waals surface area contributed by atoms with Gasteiger partial charge in [0.15, 0.2) is 0 Å². The summed E-state index contributed by atoms with van der Waals surface area (Å²) in [6, 6.07) is 0. The van der Waals surface area contributed by atoms with Crippen LogP contribution < -0.4 is 0 Å². The molecule has 0 aromatic rings. The van der Waals surface area contributed by atoms with E-state index in [1.54, 1.807) is 0 Å². The second-order valence-corrected chi connectivity index (χ2v) is 5.04. The maximum absolute atomic E-state index is 11.1. The molecule has 0 saturated heterocycles. The van der Waals surface area contributed by atoms with E-state index in [1.807, 2.05) is 0 Å². The fourth-order valence-electron chi connectivity index (χ4n) is 1.90. The van der Waals surface area contributed by atoms with E-state index in [1.165, 1.54) is 14.2 Å². The first-order valence-electron chi connectivity index (χ1n) is 6.63. The van der Waals surface area contributed by atoms with E-state index >= 15 is 0 Å². The van der Waals surface area contributed by atoms with Crippen LogP contribution in [0, 0.1) is 11.8 Å². The lowest BCUT2D eigenvalue weighted by molar-refractivity contribution is -0.142. The lowest BCUT2D eigenvalue weighted by atomic mass is 9.94. The van der Waals surface area contributed by atoms with E-state index in [9.17, 15) is 9.59 Å². The Balaban J connectivity index is 3.58. The maximum Gasteiger partial charge on any atom is 0.305 e. The molecule has 0 aliphatic carbocycles. The lowest BCUT2D eigenvalue weighted by Gasteiger charge is -2.13. The molecular weight excluding hydrogens is 232 g/mol. The average Bonchev–Trinajstić information content (AvgIpc) is 2.35. The Morgan fingerprint density at radius 2 is 1.44 bits per heavy atom. The van der Waals surface area contributed by atoms with Crippen molar-refractivity contribution >= 4 is 11.9 Å². The van der Waals surface area contributed by atoms with Crippen LogP contribution in [0.2, 0.25) is 0 Å². The summed E-state index contributed by atoms with van der Waals surface area (Å²) < 4.78 is 9.24. The van der Waals surface area contributed by atoms with Gasteiger partial charge < -0.3 is 9.47 Å². The normalized spacial score (nSPS) is 13.8. The van der Waals surface area contributed by atoms with Crippen molar-refractivity contribution in [3.8, 4) is 0 Å². The van der Waals surface area contributed by atoms with Crippen LogP contribution in [0.5, 0.6) is 0 Å². The van der Waals surface area contributed by atoms with Crippen LogP contribution in [0.3, 0.4) is 0 Å². The highest BCUT2D eigenvalue weighted by molar-refractivity contribution is 5.69. The molecule has 18 heavy (non-hydrogen) atoms. The minimum Gasteiger partial charge on any atom is -0.469 e. The third-order valence-corrected chi connectivity index (χ3v) is 3.21. The van der Waals surface area contributed by atoms with Crippen molar-refractivity contribution in [3.05, 3.63) is 0 Å². The SMILES string of the molecule is COC(=O)CCC(C)CCCC(C)CC(=O)OC. The summed E-state index contributed by atoms with van der Waals surface area (Å²) in [5.41, 5.74) is 0. The summed E-state index contributed by atoms with van der Waals surface area (Å²) in [5, 5.41) is 0. The standard InChI is InChI=1S/C14H26O4/c1-11(8-9-13(15)17-3)6-5-7-12(2)10-14(16)18-4/h11-12H,5-10H2,1-4H3. The minimum atomic E-state index is -0.138. The van der Waals surface area contributed by atoms with Crippen LogP contribution >= 0.6 is 0 Å². The number of hydrogen-bond acceptors (Lipinski definition) is 4. The molecule has 106 valence electrons. The molecule has 0 fully saturated rings. The van der Waals surface area contributed by atoms with Gasteiger partial charge in [0.1, 0.15) is 0 Å². The molecule has 0 spiro atoms. The monoisotopic (exact) mass is 258 g/mol. The van der Waals surface area contributed by atoms with E-state index in [0.717, 1.165) is 25.7 Å². The average molecular weight is 258 g/mol. The molecule has 4 nitrogen and oxygen atoms in total. The van der Waals surface area contributed by atoms with Crippen molar-refractivity contribution in [2.45, 2.75) is 52.4 Å². The highest BCUT2D eigenvalue weighted by Crippen LogP contribution is 2.18. The maximum atomic E-state index is 11.1. The molecule has 0 aliphatic rings. The second-order valence-electron chi connectivity index (χ2n) is 5.04. The number of hydrogen-bond donors (Lipinski definition) is 0. The second kappa shape index (κ2) is 9.92. The Bertz CT molecular complexity index is 250. The van der Waals surface area contributed by atoms with Crippen LogP contribution in [0.15, 0.2) is 0 Å². The molecule has 0 aromatic carbocycles. The molecule has 2 unspecified atom stereocenters.